The SMILES string of the molecule is COC(=O)NC(Cc1ccccc1)C(=O)Nc1ccc(N2CCCS2(=O)=O)cc1. The van der Waals surface area contributed by atoms with Crippen molar-refractivity contribution >= 4 is 33.4 Å². The van der Waals surface area contributed by atoms with Crippen molar-refractivity contribution in [3.05, 3.63) is 60.2 Å². The van der Waals surface area contributed by atoms with Crippen molar-refractivity contribution in [2.45, 2.75) is 18.9 Å². The molecule has 2 aromatic carbocycles. The largest absolute Gasteiger partial charge is 0.453 e. The van der Waals surface area contributed by atoms with Gasteiger partial charge in [0.15, 0.2) is 0 Å². The average Bonchev–Trinajstić information content (AvgIpc) is 3.07. The van der Waals surface area contributed by atoms with Gasteiger partial charge < -0.3 is 15.4 Å². The number of carbonyl (C=O) groups is 2. The molecular formula is C20H23N3O5S. The van der Waals surface area contributed by atoms with Gasteiger partial charge in [0.25, 0.3) is 0 Å². The maximum absolute atomic E-state index is 12.7. The van der Waals surface area contributed by atoms with Crippen molar-refractivity contribution in [1.82, 2.24) is 5.32 Å². The predicted molar refractivity (Wildman–Crippen MR) is 110 cm³/mol. The van der Waals surface area contributed by atoms with E-state index in [1.54, 1.807) is 24.3 Å². The van der Waals surface area contributed by atoms with Crippen molar-refractivity contribution in [2.75, 3.05) is 29.0 Å². The van der Waals surface area contributed by atoms with E-state index in [0.717, 1.165) is 5.56 Å². The Balaban J connectivity index is 1.70. The van der Waals surface area contributed by atoms with Crippen LogP contribution in [-0.4, -0.2) is 45.9 Å². The molecule has 1 heterocycles. The van der Waals surface area contributed by atoms with Crippen LogP contribution in [0.25, 0.3) is 0 Å². The molecule has 3 rings (SSSR count). The van der Waals surface area contributed by atoms with Gasteiger partial charge in [0.1, 0.15) is 6.04 Å². The van der Waals surface area contributed by atoms with Crippen molar-refractivity contribution in [2.24, 2.45) is 0 Å². The Morgan fingerprint density at radius 3 is 2.38 bits per heavy atom. The van der Waals surface area contributed by atoms with Gasteiger partial charge in [0.2, 0.25) is 15.9 Å². The topological polar surface area (TPSA) is 105 Å². The molecule has 1 aliphatic heterocycles. The molecule has 0 aromatic heterocycles. The van der Waals surface area contributed by atoms with Crippen LogP contribution < -0.4 is 14.9 Å². The first-order valence-electron chi connectivity index (χ1n) is 9.19. The molecule has 0 spiro atoms. The van der Waals surface area contributed by atoms with E-state index < -0.39 is 28.1 Å². The van der Waals surface area contributed by atoms with E-state index in [-0.39, 0.29) is 5.75 Å². The van der Waals surface area contributed by atoms with Crippen LogP contribution in [0.1, 0.15) is 12.0 Å². The summed E-state index contributed by atoms with van der Waals surface area (Å²) in [5.41, 5.74) is 1.95. The number of hydrogen-bond acceptors (Lipinski definition) is 5. The molecule has 1 saturated heterocycles. The zero-order valence-corrected chi connectivity index (χ0v) is 16.8. The molecule has 8 nitrogen and oxygen atoms in total. The highest BCUT2D eigenvalue weighted by Crippen LogP contribution is 2.25. The number of nitrogens with one attached hydrogen (secondary N) is 2. The molecule has 154 valence electrons. The highest BCUT2D eigenvalue weighted by molar-refractivity contribution is 7.93. The van der Waals surface area contributed by atoms with Crippen LogP contribution in [0, 0.1) is 0 Å². The Morgan fingerprint density at radius 1 is 1.10 bits per heavy atom. The zero-order chi connectivity index (χ0) is 20.9. The normalized spacial score (nSPS) is 16.1. The molecule has 0 saturated carbocycles. The fraction of sp³-hybridized carbons (Fsp3) is 0.300. The zero-order valence-electron chi connectivity index (χ0n) is 16.0. The lowest BCUT2D eigenvalue weighted by Crippen LogP contribution is -2.45. The number of hydrogen-bond donors (Lipinski definition) is 2. The number of alkyl carbamates (subject to hydrolysis) is 1. The first-order chi connectivity index (χ1) is 13.9. The first-order valence-corrected chi connectivity index (χ1v) is 10.8. The molecule has 1 fully saturated rings. The minimum atomic E-state index is -3.26. The van der Waals surface area contributed by atoms with E-state index in [4.69, 9.17) is 0 Å². The fourth-order valence-corrected chi connectivity index (χ4v) is 4.69. The van der Waals surface area contributed by atoms with Gasteiger partial charge in [-0.05, 0) is 36.2 Å². The van der Waals surface area contributed by atoms with Crippen LogP contribution >= 0.6 is 0 Å². The van der Waals surface area contributed by atoms with Crippen LogP contribution in [0.15, 0.2) is 54.6 Å². The molecule has 2 aromatic rings. The Hall–Kier alpha value is -3.07. The van der Waals surface area contributed by atoms with Crippen molar-refractivity contribution in [1.29, 1.82) is 0 Å². The fourth-order valence-electron chi connectivity index (χ4n) is 3.13. The van der Waals surface area contributed by atoms with Gasteiger partial charge in [-0.15, -0.1) is 0 Å². The minimum Gasteiger partial charge on any atom is -0.453 e. The summed E-state index contributed by atoms with van der Waals surface area (Å²) in [6, 6.07) is 15.1. The Morgan fingerprint density at radius 2 is 1.79 bits per heavy atom. The first kappa shape index (κ1) is 20.7. The van der Waals surface area contributed by atoms with Crippen LogP contribution in [0.3, 0.4) is 0 Å². The lowest BCUT2D eigenvalue weighted by molar-refractivity contribution is -0.118. The summed E-state index contributed by atoms with van der Waals surface area (Å²) in [7, 11) is -2.02. The summed E-state index contributed by atoms with van der Waals surface area (Å²) in [5, 5.41) is 5.29. The van der Waals surface area contributed by atoms with Gasteiger partial charge >= 0.3 is 6.09 Å². The number of ether oxygens (including phenoxy) is 1. The van der Waals surface area contributed by atoms with Gasteiger partial charge in [0.05, 0.1) is 18.6 Å². The number of methoxy groups -OCH3 is 1. The van der Waals surface area contributed by atoms with Crippen LogP contribution in [0.4, 0.5) is 16.2 Å². The second-order valence-electron chi connectivity index (χ2n) is 6.66. The molecule has 0 aliphatic carbocycles. The number of amides is 2. The van der Waals surface area contributed by atoms with Crippen LogP contribution in [0.2, 0.25) is 0 Å². The summed E-state index contributed by atoms with van der Waals surface area (Å²) >= 11 is 0. The van der Waals surface area contributed by atoms with Crippen molar-refractivity contribution in [3.8, 4) is 0 Å². The molecular weight excluding hydrogens is 394 g/mol. The Bertz CT molecular complexity index is 961. The molecule has 2 N–H and O–H groups in total. The summed E-state index contributed by atoms with van der Waals surface area (Å²) in [6.07, 6.45) is 0.197. The Kier molecular flexibility index (Phi) is 6.38. The lowest BCUT2D eigenvalue weighted by atomic mass is 10.1. The van der Waals surface area contributed by atoms with Gasteiger partial charge in [-0.3, -0.25) is 9.10 Å². The van der Waals surface area contributed by atoms with Crippen molar-refractivity contribution in [3.63, 3.8) is 0 Å². The summed E-state index contributed by atoms with van der Waals surface area (Å²) < 4.78 is 30.0. The number of benzene rings is 2. The molecule has 1 atom stereocenters. The minimum absolute atomic E-state index is 0.145. The van der Waals surface area contributed by atoms with E-state index in [0.29, 0.717) is 30.8 Å². The van der Waals surface area contributed by atoms with Crippen LogP contribution in [-0.2, 0) is 26.0 Å². The van der Waals surface area contributed by atoms with E-state index >= 15 is 0 Å². The maximum Gasteiger partial charge on any atom is 0.407 e. The average molecular weight is 417 g/mol. The molecule has 1 unspecified atom stereocenters. The number of rotatable bonds is 6. The quantitative estimate of drug-likeness (QED) is 0.749. The second kappa shape index (κ2) is 8.95. The maximum atomic E-state index is 12.7. The molecule has 1 aliphatic rings. The second-order valence-corrected chi connectivity index (χ2v) is 8.67. The van der Waals surface area contributed by atoms with E-state index in [2.05, 4.69) is 15.4 Å². The van der Waals surface area contributed by atoms with Gasteiger partial charge in [-0.25, -0.2) is 13.2 Å². The number of anilines is 2. The third-order valence-corrected chi connectivity index (χ3v) is 6.47. The third-order valence-electron chi connectivity index (χ3n) is 4.60. The molecule has 9 heteroatoms. The standard InChI is InChI=1S/C20H23N3O5S/c1-28-20(25)22-18(14-15-6-3-2-4-7-15)19(24)21-16-8-10-17(11-9-16)23-12-5-13-29(23,26)27/h2-4,6-11,18H,5,12-14H2,1H3,(H,21,24)(H,22,25). The van der Waals surface area contributed by atoms with Gasteiger partial charge in [0, 0.05) is 18.7 Å². The molecule has 2 amide bonds. The molecule has 29 heavy (non-hydrogen) atoms. The van der Waals surface area contributed by atoms with E-state index in [9.17, 15) is 18.0 Å². The summed E-state index contributed by atoms with van der Waals surface area (Å²) in [4.78, 5) is 24.4. The molecule has 0 bridgehead atoms. The predicted octanol–water partition coefficient (Wildman–Crippen LogP) is 2.13. The number of carbonyl (C=O) groups excluding carboxylic acids is 2. The van der Waals surface area contributed by atoms with Crippen molar-refractivity contribution < 1.29 is 22.7 Å². The Labute approximate surface area is 169 Å². The molecule has 0 radical (unpaired) electrons. The third kappa shape index (κ3) is 5.26. The smallest absolute Gasteiger partial charge is 0.407 e. The number of sulfonamides is 1. The summed E-state index contributed by atoms with van der Waals surface area (Å²) in [5.74, 6) is -0.257. The van der Waals surface area contributed by atoms with Gasteiger partial charge in [-0.1, -0.05) is 30.3 Å². The number of nitrogens with zero attached hydrogens (tertiary/aromatic N) is 1. The van der Waals surface area contributed by atoms with E-state index in [1.165, 1.54) is 11.4 Å². The van der Waals surface area contributed by atoms with E-state index in [1.807, 2.05) is 30.3 Å². The summed E-state index contributed by atoms with van der Waals surface area (Å²) in [6.45, 7) is 0.455. The highest BCUT2D eigenvalue weighted by Gasteiger charge is 2.28. The monoisotopic (exact) mass is 417 g/mol. The lowest BCUT2D eigenvalue weighted by Gasteiger charge is -2.19. The van der Waals surface area contributed by atoms with Gasteiger partial charge in [-0.2, -0.15) is 0 Å². The highest BCUT2D eigenvalue weighted by atomic mass is 32.2. The van der Waals surface area contributed by atoms with Crippen LogP contribution in [0.5, 0.6) is 0 Å².